The molecule has 32 heavy (non-hydrogen) atoms. The van der Waals surface area contributed by atoms with Gasteiger partial charge in [-0.15, -0.1) is 0 Å². The molecule has 0 spiro atoms. The topological polar surface area (TPSA) is 3.24 Å². The number of hydrogen-bond donors (Lipinski definition) is 0. The lowest BCUT2D eigenvalue weighted by atomic mass is 9.66. The molecule has 0 N–H and O–H groups in total. The van der Waals surface area contributed by atoms with Crippen molar-refractivity contribution >= 4 is 0 Å². The zero-order valence-corrected chi connectivity index (χ0v) is 23.7. The Morgan fingerprint density at radius 3 is 1.81 bits per heavy atom. The fraction of sp³-hybridized carbons (Fsp3) is 0.806. The fourth-order valence-corrected chi connectivity index (χ4v) is 5.96. The van der Waals surface area contributed by atoms with E-state index in [-0.39, 0.29) is 11.0 Å². The highest BCUT2D eigenvalue weighted by Crippen LogP contribution is 2.48. The minimum atomic E-state index is 0.122. The van der Waals surface area contributed by atoms with Gasteiger partial charge in [0.25, 0.3) is 0 Å². The number of allylic oxidation sites excluding steroid dienone is 5. The normalized spacial score (nSPS) is 20.1. The van der Waals surface area contributed by atoms with Gasteiger partial charge < -0.3 is 4.90 Å². The third-order valence-corrected chi connectivity index (χ3v) is 9.49. The van der Waals surface area contributed by atoms with E-state index in [0.717, 1.165) is 0 Å². The minimum Gasteiger partial charge on any atom is -0.362 e. The van der Waals surface area contributed by atoms with E-state index in [0.29, 0.717) is 23.3 Å². The Morgan fingerprint density at radius 2 is 1.38 bits per heavy atom. The number of nitrogens with zero attached hydrogens (tertiary/aromatic N) is 1. The van der Waals surface area contributed by atoms with Crippen LogP contribution >= 0.6 is 0 Å². The molecule has 0 bridgehead atoms. The molecule has 1 nitrogen and oxygen atoms in total. The summed E-state index contributed by atoms with van der Waals surface area (Å²) in [7, 11) is 0. The summed E-state index contributed by atoms with van der Waals surface area (Å²) >= 11 is 0. The van der Waals surface area contributed by atoms with Crippen molar-refractivity contribution in [2.45, 2.75) is 139 Å². The van der Waals surface area contributed by atoms with E-state index < -0.39 is 0 Å². The lowest BCUT2D eigenvalue weighted by Crippen LogP contribution is -2.59. The molecule has 0 aromatic rings. The molecule has 186 valence electrons. The van der Waals surface area contributed by atoms with Gasteiger partial charge in [-0.1, -0.05) is 113 Å². The Bertz CT molecular complexity index is 627. The molecule has 0 heterocycles. The van der Waals surface area contributed by atoms with Gasteiger partial charge in [0.1, 0.15) is 0 Å². The van der Waals surface area contributed by atoms with E-state index in [1.54, 1.807) is 0 Å². The Labute approximate surface area is 202 Å². The second kappa shape index (κ2) is 12.5. The molecule has 1 aliphatic carbocycles. The zero-order valence-electron chi connectivity index (χ0n) is 23.7. The van der Waals surface area contributed by atoms with Crippen LogP contribution in [0.15, 0.2) is 36.1 Å². The number of hydrogen-bond acceptors (Lipinski definition) is 1. The molecule has 3 unspecified atom stereocenters. The molecular weight excluding hydrogens is 386 g/mol. The maximum Gasteiger partial charge on any atom is 0.0380 e. The molecule has 1 heteroatoms. The summed E-state index contributed by atoms with van der Waals surface area (Å²) in [6.45, 7) is 26.8. The van der Waals surface area contributed by atoms with Crippen LogP contribution in [-0.2, 0) is 0 Å². The Morgan fingerprint density at radius 1 is 0.812 bits per heavy atom. The van der Waals surface area contributed by atoms with Crippen molar-refractivity contribution in [3.05, 3.63) is 36.1 Å². The first-order valence-electron chi connectivity index (χ1n) is 13.9. The van der Waals surface area contributed by atoms with Crippen LogP contribution in [0.25, 0.3) is 0 Å². The molecule has 0 radical (unpaired) electrons. The van der Waals surface area contributed by atoms with Gasteiger partial charge in [0.15, 0.2) is 0 Å². The van der Waals surface area contributed by atoms with Crippen molar-refractivity contribution in [3.63, 3.8) is 0 Å². The molecule has 3 atom stereocenters. The molecule has 0 fully saturated rings. The van der Waals surface area contributed by atoms with Crippen molar-refractivity contribution < 1.29 is 0 Å². The molecule has 0 saturated heterocycles. The van der Waals surface area contributed by atoms with Crippen LogP contribution in [0.1, 0.15) is 128 Å². The predicted molar refractivity (Wildman–Crippen MR) is 146 cm³/mol. The Kier molecular flexibility index (Phi) is 11.3. The van der Waals surface area contributed by atoms with E-state index in [9.17, 15) is 0 Å². The summed E-state index contributed by atoms with van der Waals surface area (Å²) in [4.78, 5) is 2.94. The maximum absolute atomic E-state index is 2.94. The smallest absolute Gasteiger partial charge is 0.0380 e. The zero-order chi connectivity index (χ0) is 24.6. The van der Waals surface area contributed by atoms with Gasteiger partial charge in [-0.3, -0.25) is 0 Å². The molecule has 1 aliphatic rings. The van der Waals surface area contributed by atoms with Crippen LogP contribution in [0, 0.1) is 22.7 Å². The van der Waals surface area contributed by atoms with Crippen molar-refractivity contribution in [1.29, 1.82) is 0 Å². The summed E-state index contributed by atoms with van der Waals surface area (Å²) < 4.78 is 0. The van der Waals surface area contributed by atoms with E-state index in [4.69, 9.17) is 0 Å². The Balaban J connectivity index is 3.84. The van der Waals surface area contributed by atoms with Gasteiger partial charge in [0, 0.05) is 17.3 Å². The summed E-state index contributed by atoms with van der Waals surface area (Å²) in [5, 5.41) is 0. The fourth-order valence-electron chi connectivity index (χ4n) is 5.96. The van der Waals surface area contributed by atoms with Crippen LogP contribution < -0.4 is 0 Å². The Hall–Kier alpha value is -0.980. The highest BCUT2D eigenvalue weighted by atomic mass is 15.2. The lowest BCUT2D eigenvalue weighted by Gasteiger charge is -2.57. The average Bonchev–Trinajstić information content (AvgIpc) is 3.02. The van der Waals surface area contributed by atoms with Crippen molar-refractivity contribution in [1.82, 2.24) is 4.90 Å². The molecular formula is C31H57N. The molecule has 0 saturated carbocycles. The highest BCUT2D eigenvalue weighted by Gasteiger charge is 2.47. The van der Waals surface area contributed by atoms with Crippen LogP contribution in [-0.4, -0.2) is 16.5 Å². The van der Waals surface area contributed by atoms with Crippen LogP contribution in [0.4, 0.5) is 0 Å². The summed E-state index contributed by atoms with van der Waals surface area (Å²) in [5.74, 6) is 1.18. The SMILES string of the molecule is CCC(CC)C(N(C1=CC=CC(C)C=C1)C(C)(CC)CC(C)(CC)CC)C(C)(CC)CC. The van der Waals surface area contributed by atoms with Gasteiger partial charge in [0.2, 0.25) is 0 Å². The first-order chi connectivity index (χ1) is 15.0. The van der Waals surface area contributed by atoms with Crippen LogP contribution in [0.5, 0.6) is 0 Å². The van der Waals surface area contributed by atoms with Crippen molar-refractivity contribution in [2.75, 3.05) is 0 Å². The van der Waals surface area contributed by atoms with Crippen molar-refractivity contribution in [3.8, 4) is 0 Å². The summed E-state index contributed by atoms with van der Waals surface area (Å²) in [6.07, 6.45) is 21.7. The molecule has 0 aromatic carbocycles. The minimum absolute atomic E-state index is 0.122. The van der Waals surface area contributed by atoms with Crippen molar-refractivity contribution in [2.24, 2.45) is 22.7 Å². The van der Waals surface area contributed by atoms with Gasteiger partial charge in [-0.2, -0.15) is 0 Å². The monoisotopic (exact) mass is 443 g/mol. The summed E-state index contributed by atoms with van der Waals surface area (Å²) in [5.41, 5.74) is 2.21. The van der Waals surface area contributed by atoms with Gasteiger partial charge in [-0.25, -0.2) is 0 Å². The lowest BCUT2D eigenvalue weighted by molar-refractivity contribution is -0.0389. The van der Waals surface area contributed by atoms with E-state index in [1.807, 2.05) is 0 Å². The van der Waals surface area contributed by atoms with Crippen LogP contribution in [0.2, 0.25) is 0 Å². The molecule has 0 aromatic heterocycles. The first kappa shape index (κ1) is 29.1. The highest BCUT2D eigenvalue weighted by molar-refractivity contribution is 5.30. The standard InChI is InChI=1S/C31H57N/c1-12-26(13-2)28(30(10,16-5)17-6)32(27-21-19-20-25(8)22-23-27)31(11,18-7)24-29(9,14-3)15-4/h19-23,25-26,28H,12-18,24H2,1-11H3. The molecule has 1 rings (SSSR count). The maximum atomic E-state index is 2.94. The second-order valence-corrected chi connectivity index (χ2v) is 11.5. The second-order valence-electron chi connectivity index (χ2n) is 11.5. The largest absolute Gasteiger partial charge is 0.362 e. The quantitative estimate of drug-likeness (QED) is 0.258. The van der Waals surface area contributed by atoms with Crippen LogP contribution in [0.3, 0.4) is 0 Å². The van der Waals surface area contributed by atoms with Gasteiger partial charge in [-0.05, 0) is 67.4 Å². The van der Waals surface area contributed by atoms with E-state index in [1.165, 1.54) is 57.1 Å². The average molecular weight is 444 g/mol. The van der Waals surface area contributed by atoms with Gasteiger partial charge >= 0.3 is 0 Å². The third kappa shape index (κ3) is 6.54. The molecule has 0 amide bonds. The predicted octanol–water partition coefficient (Wildman–Crippen LogP) is 9.95. The van der Waals surface area contributed by atoms with Gasteiger partial charge in [0.05, 0.1) is 0 Å². The third-order valence-electron chi connectivity index (χ3n) is 9.49. The van der Waals surface area contributed by atoms with E-state index >= 15 is 0 Å². The molecule has 0 aliphatic heterocycles. The first-order valence-corrected chi connectivity index (χ1v) is 13.9. The summed E-state index contributed by atoms with van der Waals surface area (Å²) in [6, 6.07) is 0.535. The van der Waals surface area contributed by atoms with E-state index in [2.05, 4.69) is 111 Å². The number of rotatable bonds is 14.